The number of carbonyl (C=O) groups is 1. The summed E-state index contributed by atoms with van der Waals surface area (Å²) in [5, 5.41) is 13.8. The fourth-order valence-electron chi connectivity index (χ4n) is 4.73. The minimum atomic E-state index is -0.275. The van der Waals surface area contributed by atoms with Gasteiger partial charge in [0, 0.05) is 30.7 Å². The zero-order chi connectivity index (χ0) is 21.4. The van der Waals surface area contributed by atoms with Crippen LogP contribution in [0.3, 0.4) is 0 Å². The molecule has 0 N–H and O–H groups in total. The number of benzene rings is 2. The first-order valence-corrected chi connectivity index (χ1v) is 10.8. The number of halogens is 1. The molecule has 1 aliphatic carbocycles. The Morgan fingerprint density at radius 2 is 1.81 bits per heavy atom. The van der Waals surface area contributed by atoms with E-state index >= 15 is 0 Å². The summed E-state index contributed by atoms with van der Waals surface area (Å²) in [7, 11) is 3.80. The van der Waals surface area contributed by atoms with Crippen LogP contribution in [0.4, 0.5) is 5.69 Å². The van der Waals surface area contributed by atoms with Gasteiger partial charge in [-0.1, -0.05) is 28.9 Å². The van der Waals surface area contributed by atoms with Crippen molar-refractivity contribution in [2.75, 3.05) is 4.90 Å². The van der Waals surface area contributed by atoms with E-state index in [-0.39, 0.29) is 11.9 Å². The van der Waals surface area contributed by atoms with Crippen molar-refractivity contribution < 1.29 is 4.79 Å². The molecule has 0 spiro atoms. The molecule has 2 aliphatic rings. The Balaban J connectivity index is 1.59. The van der Waals surface area contributed by atoms with E-state index in [1.807, 2.05) is 67.0 Å². The molecule has 7 nitrogen and oxygen atoms in total. The second-order valence-corrected chi connectivity index (χ2v) is 8.95. The van der Waals surface area contributed by atoms with Gasteiger partial charge in [0.05, 0.1) is 22.5 Å². The van der Waals surface area contributed by atoms with Crippen LogP contribution >= 0.6 is 11.6 Å². The van der Waals surface area contributed by atoms with Crippen molar-refractivity contribution in [3.8, 4) is 0 Å². The van der Waals surface area contributed by atoms with Gasteiger partial charge in [-0.2, -0.15) is 5.10 Å². The van der Waals surface area contributed by atoms with Crippen LogP contribution in [0.5, 0.6) is 0 Å². The largest absolute Gasteiger partial charge is 0.295 e. The lowest BCUT2D eigenvalue weighted by molar-refractivity contribution is 0.0992. The molecule has 1 atom stereocenters. The SMILES string of the molecule is Cc1cc(N2C(=O)c3c(C4CC4)nn(C)c3[C@H]2c2ccc(Cl)cc2)cc2c1nnn2C. The van der Waals surface area contributed by atoms with Crippen LogP contribution in [0.2, 0.25) is 5.02 Å². The molecule has 1 fully saturated rings. The van der Waals surface area contributed by atoms with E-state index in [0.717, 1.165) is 57.6 Å². The van der Waals surface area contributed by atoms with Crippen molar-refractivity contribution >= 4 is 34.2 Å². The number of aryl methyl sites for hydroxylation is 3. The van der Waals surface area contributed by atoms with E-state index in [4.69, 9.17) is 16.7 Å². The van der Waals surface area contributed by atoms with Gasteiger partial charge in [0.25, 0.3) is 5.91 Å². The monoisotopic (exact) mass is 432 g/mol. The summed E-state index contributed by atoms with van der Waals surface area (Å²) in [5.74, 6) is 0.383. The molecule has 1 amide bonds. The van der Waals surface area contributed by atoms with E-state index in [2.05, 4.69) is 10.3 Å². The van der Waals surface area contributed by atoms with E-state index < -0.39 is 0 Å². The Morgan fingerprint density at radius 1 is 1.06 bits per heavy atom. The van der Waals surface area contributed by atoms with Crippen molar-refractivity contribution in [3.63, 3.8) is 0 Å². The van der Waals surface area contributed by atoms with Crippen LogP contribution in [0.1, 0.15) is 57.7 Å². The molecule has 8 heteroatoms. The summed E-state index contributed by atoms with van der Waals surface area (Å²) in [6, 6.07) is 11.5. The number of aromatic nitrogens is 5. The average Bonchev–Trinajstić information content (AvgIpc) is 3.35. The lowest BCUT2D eigenvalue weighted by Gasteiger charge is -2.27. The smallest absolute Gasteiger partial charge is 0.263 e. The van der Waals surface area contributed by atoms with Gasteiger partial charge < -0.3 is 0 Å². The van der Waals surface area contributed by atoms with E-state index in [0.29, 0.717) is 10.9 Å². The van der Waals surface area contributed by atoms with Gasteiger partial charge in [-0.05, 0) is 55.2 Å². The van der Waals surface area contributed by atoms with E-state index in [1.165, 1.54) is 0 Å². The molecule has 6 rings (SSSR count). The first kappa shape index (κ1) is 18.6. The Bertz CT molecular complexity index is 1370. The zero-order valence-corrected chi connectivity index (χ0v) is 18.3. The van der Waals surface area contributed by atoms with Crippen LogP contribution < -0.4 is 4.90 Å². The number of carbonyl (C=O) groups excluding carboxylic acids is 1. The Labute approximate surface area is 184 Å². The first-order valence-electron chi connectivity index (χ1n) is 10.4. The molecule has 4 aromatic rings. The Morgan fingerprint density at radius 3 is 2.52 bits per heavy atom. The number of amides is 1. The minimum absolute atomic E-state index is 0.00109. The summed E-state index contributed by atoms with van der Waals surface area (Å²) in [4.78, 5) is 15.8. The molecular formula is C23H21ClN6O. The van der Waals surface area contributed by atoms with Gasteiger partial charge in [-0.3, -0.25) is 14.4 Å². The standard InChI is InChI=1S/C23H21ClN6O/c1-12-10-16(11-17-19(12)25-27-28(17)2)30-21(14-6-8-15(24)9-7-14)22-18(23(30)31)20(13-4-5-13)26-29(22)3/h6-11,13,21H,4-5H2,1-3H3/t21-/m1/s1. The quantitative estimate of drug-likeness (QED) is 0.484. The van der Waals surface area contributed by atoms with Crippen LogP contribution in [-0.4, -0.2) is 30.7 Å². The molecule has 2 aromatic heterocycles. The lowest BCUT2D eigenvalue weighted by atomic mass is 10.0. The molecule has 1 aliphatic heterocycles. The number of fused-ring (bicyclic) bond motifs is 2. The molecule has 2 aromatic carbocycles. The molecule has 0 radical (unpaired) electrons. The number of anilines is 1. The van der Waals surface area contributed by atoms with Gasteiger partial charge in [0.15, 0.2) is 0 Å². The lowest BCUT2D eigenvalue weighted by Crippen LogP contribution is -2.30. The Kier molecular flexibility index (Phi) is 3.84. The average molecular weight is 433 g/mol. The third kappa shape index (κ3) is 2.66. The number of hydrogen-bond donors (Lipinski definition) is 0. The normalized spacial score (nSPS) is 18.3. The number of hydrogen-bond acceptors (Lipinski definition) is 4. The molecule has 0 bridgehead atoms. The number of rotatable bonds is 3. The predicted molar refractivity (Wildman–Crippen MR) is 119 cm³/mol. The van der Waals surface area contributed by atoms with Crippen LogP contribution in [-0.2, 0) is 14.1 Å². The topological polar surface area (TPSA) is 68.8 Å². The van der Waals surface area contributed by atoms with E-state index in [9.17, 15) is 4.79 Å². The summed E-state index contributed by atoms with van der Waals surface area (Å²) in [6.07, 6.45) is 2.18. The maximum Gasteiger partial charge on any atom is 0.263 e. The third-order valence-electron chi connectivity index (χ3n) is 6.39. The third-order valence-corrected chi connectivity index (χ3v) is 6.64. The molecule has 3 heterocycles. The van der Waals surface area contributed by atoms with Crippen LogP contribution in [0.15, 0.2) is 36.4 Å². The molecule has 0 unspecified atom stereocenters. The van der Waals surface area contributed by atoms with Crippen molar-refractivity contribution in [2.45, 2.75) is 31.7 Å². The predicted octanol–water partition coefficient (Wildman–Crippen LogP) is 4.29. The van der Waals surface area contributed by atoms with Gasteiger partial charge in [0.1, 0.15) is 11.6 Å². The van der Waals surface area contributed by atoms with Gasteiger partial charge >= 0.3 is 0 Å². The fraction of sp³-hybridized carbons (Fsp3) is 0.304. The van der Waals surface area contributed by atoms with Crippen molar-refractivity contribution in [3.05, 3.63) is 69.5 Å². The maximum absolute atomic E-state index is 13.9. The highest BCUT2D eigenvalue weighted by Crippen LogP contribution is 2.49. The highest BCUT2D eigenvalue weighted by atomic mass is 35.5. The first-order chi connectivity index (χ1) is 14.9. The van der Waals surface area contributed by atoms with E-state index in [1.54, 1.807) is 4.68 Å². The van der Waals surface area contributed by atoms with Crippen molar-refractivity contribution in [1.29, 1.82) is 0 Å². The zero-order valence-electron chi connectivity index (χ0n) is 17.5. The van der Waals surface area contributed by atoms with Crippen molar-refractivity contribution in [2.24, 2.45) is 14.1 Å². The summed E-state index contributed by atoms with van der Waals surface area (Å²) >= 11 is 6.16. The molecule has 1 saturated carbocycles. The van der Waals surface area contributed by atoms with Gasteiger partial charge in [0.2, 0.25) is 0 Å². The second kappa shape index (κ2) is 6.40. The van der Waals surface area contributed by atoms with Crippen LogP contribution in [0.25, 0.3) is 11.0 Å². The molecular weight excluding hydrogens is 412 g/mol. The number of nitrogens with zero attached hydrogens (tertiary/aromatic N) is 6. The van der Waals surface area contributed by atoms with Gasteiger partial charge in [-0.25, -0.2) is 4.68 Å². The summed E-state index contributed by atoms with van der Waals surface area (Å²) < 4.78 is 3.63. The maximum atomic E-state index is 13.9. The van der Waals surface area contributed by atoms with Gasteiger partial charge in [-0.15, -0.1) is 5.10 Å². The summed E-state index contributed by atoms with van der Waals surface area (Å²) in [5.41, 5.74) is 7.19. The fourth-order valence-corrected chi connectivity index (χ4v) is 4.86. The molecule has 31 heavy (non-hydrogen) atoms. The van der Waals surface area contributed by atoms with Crippen molar-refractivity contribution in [1.82, 2.24) is 24.8 Å². The molecule has 0 saturated heterocycles. The highest BCUT2D eigenvalue weighted by molar-refractivity contribution is 6.30. The Hall–Kier alpha value is -3.19. The highest BCUT2D eigenvalue weighted by Gasteiger charge is 2.46. The second-order valence-electron chi connectivity index (χ2n) is 8.52. The van der Waals surface area contributed by atoms with Crippen LogP contribution in [0, 0.1) is 6.92 Å². The minimum Gasteiger partial charge on any atom is -0.295 e. The summed E-state index contributed by atoms with van der Waals surface area (Å²) in [6.45, 7) is 2.00. The molecule has 156 valence electrons.